The molecule has 0 fully saturated rings. The Morgan fingerprint density at radius 1 is 1.00 bits per heavy atom. The third kappa shape index (κ3) is 7.59. The van der Waals surface area contributed by atoms with E-state index in [2.05, 4.69) is 36.6 Å². The fourth-order valence-corrected chi connectivity index (χ4v) is 2.32. The van der Waals surface area contributed by atoms with E-state index in [9.17, 15) is 9.59 Å². The van der Waals surface area contributed by atoms with Crippen LogP contribution in [0.25, 0.3) is 0 Å². The molecule has 0 saturated carbocycles. The minimum atomic E-state index is -0.219. The highest BCUT2D eigenvalue weighted by Gasteiger charge is 2.09. The lowest BCUT2D eigenvalue weighted by Crippen LogP contribution is -2.32. The molecule has 0 saturated heterocycles. The molecule has 1 aromatic rings. The zero-order valence-electron chi connectivity index (χ0n) is 15.1. The van der Waals surface area contributed by atoms with E-state index in [4.69, 9.17) is 5.73 Å². The molecule has 0 heterocycles. The minimum Gasteiger partial charge on any atom is -0.356 e. The van der Waals surface area contributed by atoms with Crippen LogP contribution in [0.5, 0.6) is 0 Å². The molecular weight excluding hydrogens is 302 g/mol. The number of benzene rings is 1. The fourth-order valence-electron chi connectivity index (χ4n) is 2.32. The molecule has 24 heavy (non-hydrogen) atoms. The van der Waals surface area contributed by atoms with E-state index in [1.54, 1.807) is 0 Å². The van der Waals surface area contributed by atoms with Gasteiger partial charge >= 0.3 is 0 Å². The summed E-state index contributed by atoms with van der Waals surface area (Å²) in [5.41, 5.74) is 8.41. The fraction of sp³-hybridized carbons (Fsp3) is 0.579. The third-order valence-corrected chi connectivity index (χ3v) is 3.93. The molecule has 1 rings (SSSR count). The van der Waals surface area contributed by atoms with E-state index < -0.39 is 0 Å². The van der Waals surface area contributed by atoms with Crippen LogP contribution in [0.2, 0.25) is 0 Å². The predicted molar refractivity (Wildman–Crippen MR) is 97.6 cm³/mol. The Hall–Kier alpha value is -1.88. The summed E-state index contributed by atoms with van der Waals surface area (Å²) in [6, 6.07) is 7.98. The number of nitrogens with two attached hydrogens (primary N) is 1. The monoisotopic (exact) mass is 333 g/mol. The van der Waals surface area contributed by atoms with Gasteiger partial charge in [-0.15, -0.1) is 0 Å². The van der Waals surface area contributed by atoms with Gasteiger partial charge in [-0.3, -0.25) is 9.59 Å². The Morgan fingerprint density at radius 2 is 1.54 bits per heavy atom. The van der Waals surface area contributed by atoms with Gasteiger partial charge in [-0.1, -0.05) is 45.0 Å². The zero-order valence-corrected chi connectivity index (χ0v) is 15.1. The van der Waals surface area contributed by atoms with Gasteiger partial charge in [0.15, 0.2) is 0 Å². The van der Waals surface area contributed by atoms with Crippen molar-refractivity contribution in [3.63, 3.8) is 0 Å². The van der Waals surface area contributed by atoms with E-state index >= 15 is 0 Å². The van der Waals surface area contributed by atoms with Crippen LogP contribution in [0, 0.1) is 0 Å². The Balaban J connectivity index is 2.27. The molecule has 1 atom stereocenters. The van der Waals surface area contributed by atoms with Gasteiger partial charge in [0.2, 0.25) is 11.8 Å². The van der Waals surface area contributed by atoms with E-state index in [-0.39, 0.29) is 17.9 Å². The van der Waals surface area contributed by atoms with Crippen LogP contribution in [-0.4, -0.2) is 24.9 Å². The van der Waals surface area contributed by atoms with Gasteiger partial charge in [0, 0.05) is 32.0 Å². The minimum absolute atomic E-state index is 0.00611. The van der Waals surface area contributed by atoms with Crippen LogP contribution in [0.3, 0.4) is 0 Å². The third-order valence-electron chi connectivity index (χ3n) is 3.93. The molecule has 1 aromatic carbocycles. The number of carbonyl (C=O) groups excluding carboxylic acids is 2. The van der Waals surface area contributed by atoms with Crippen LogP contribution in [0.1, 0.15) is 69.5 Å². The van der Waals surface area contributed by atoms with Crippen molar-refractivity contribution in [3.8, 4) is 0 Å². The topological polar surface area (TPSA) is 84.2 Å². The van der Waals surface area contributed by atoms with Crippen LogP contribution in [0.15, 0.2) is 24.3 Å². The number of amides is 2. The Labute approximate surface area is 145 Å². The number of rotatable bonds is 10. The zero-order chi connectivity index (χ0) is 17.9. The summed E-state index contributed by atoms with van der Waals surface area (Å²) < 4.78 is 0. The lowest BCUT2D eigenvalue weighted by molar-refractivity contribution is -0.122. The first-order chi connectivity index (χ1) is 11.4. The van der Waals surface area contributed by atoms with Crippen molar-refractivity contribution >= 4 is 11.8 Å². The molecule has 2 amide bonds. The van der Waals surface area contributed by atoms with Crippen molar-refractivity contribution in [3.05, 3.63) is 35.4 Å². The Morgan fingerprint density at radius 3 is 2.08 bits per heavy atom. The second-order valence-corrected chi connectivity index (χ2v) is 6.44. The molecule has 0 aliphatic carbocycles. The van der Waals surface area contributed by atoms with E-state index in [0.717, 1.165) is 12.0 Å². The first kappa shape index (κ1) is 20.2. The van der Waals surface area contributed by atoms with Crippen LogP contribution in [0.4, 0.5) is 0 Å². The first-order valence-electron chi connectivity index (χ1n) is 8.82. The summed E-state index contributed by atoms with van der Waals surface area (Å²) in [6.07, 6.45) is 2.21. The number of hydrogen-bond donors (Lipinski definition) is 3. The van der Waals surface area contributed by atoms with Gasteiger partial charge in [-0.2, -0.15) is 0 Å². The molecule has 0 bridgehead atoms. The van der Waals surface area contributed by atoms with E-state index in [0.29, 0.717) is 38.3 Å². The van der Waals surface area contributed by atoms with Crippen molar-refractivity contribution in [1.29, 1.82) is 0 Å². The maximum atomic E-state index is 11.8. The Kier molecular flexibility index (Phi) is 9.08. The first-order valence-corrected chi connectivity index (χ1v) is 8.82. The van der Waals surface area contributed by atoms with Gasteiger partial charge in [0.1, 0.15) is 0 Å². The highest BCUT2D eigenvalue weighted by molar-refractivity contribution is 5.78. The van der Waals surface area contributed by atoms with Crippen molar-refractivity contribution < 1.29 is 9.59 Å². The summed E-state index contributed by atoms with van der Waals surface area (Å²) in [7, 11) is 0. The molecule has 5 heteroatoms. The maximum absolute atomic E-state index is 11.8. The van der Waals surface area contributed by atoms with E-state index in [1.165, 1.54) is 5.56 Å². The molecular formula is C19H31N3O2. The molecule has 0 aliphatic heterocycles. The van der Waals surface area contributed by atoms with Crippen LogP contribution < -0.4 is 16.4 Å². The molecule has 1 unspecified atom stereocenters. The van der Waals surface area contributed by atoms with Crippen molar-refractivity contribution in [2.45, 2.75) is 58.4 Å². The molecule has 0 spiro atoms. The quantitative estimate of drug-likeness (QED) is 0.615. The van der Waals surface area contributed by atoms with Gasteiger partial charge in [-0.25, -0.2) is 0 Å². The molecule has 0 radical (unpaired) electrons. The van der Waals surface area contributed by atoms with Gasteiger partial charge in [-0.05, 0) is 29.9 Å². The molecule has 134 valence electrons. The summed E-state index contributed by atoms with van der Waals surface area (Å²) in [6.45, 7) is 7.40. The molecule has 4 N–H and O–H groups in total. The number of carbonyl (C=O) groups is 2. The van der Waals surface area contributed by atoms with E-state index in [1.807, 2.05) is 19.1 Å². The summed E-state index contributed by atoms with van der Waals surface area (Å²) >= 11 is 0. The van der Waals surface area contributed by atoms with Gasteiger partial charge in [0.05, 0.1) is 0 Å². The smallest absolute Gasteiger partial charge is 0.220 e. The summed E-state index contributed by atoms with van der Waals surface area (Å²) in [4.78, 5) is 23.3. The lowest BCUT2D eigenvalue weighted by atomic mass is 9.99. The summed E-state index contributed by atoms with van der Waals surface area (Å²) in [5, 5.41) is 5.64. The molecule has 0 aromatic heterocycles. The second kappa shape index (κ2) is 10.8. The standard InChI is InChI=1S/C19H31N3O2/c1-4-12-21-18(23)6-5-7-19(24)22-13-17(20)16-10-8-15(9-11-16)14(2)3/h8-11,14,17H,4-7,12-13,20H2,1-3H3,(H,21,23)(H,22,24). The SMILES string of the molecule is CCCNC(=O)CCCC(=O)NCC(N)c1ccc(C(C)C)cc1. The van der Waals surface area contributed by atoms with Crippen molar-refractivity contribution in [2.24, 2.45) is 5.73 Å². The average Bonchev–Trinajstić information content (AvgIpc) is 2.57. The number of hydrogen-bond acceptors (Lipinski definition) is 3. The Bertz CT molecular complexity index is 512. The summed E-state index contributed by atoms with van der Waals surface area (Å²) in [5.74, 6) is 0.434. The predicted octanol–water partition coefficient (Wildman–Crippen LogP) is 2.62. The van der Waals surface area contributed by atoms with Gasteiger partial charge in [0.25, 0.3) is 0 Å². The van der Waals surface area contributed by atoms with Crippen LogP contribution >= 0.6 is 0 Å². The van der Waals surface area contributed by atoms with Crippen molar-refractivity contribution in [2.75, 3.05) is 13.1 Å². The second-order valence-electron chi connectivity index (χ2n) is 6.44. The van der Waals surface area contributed by atoms with Crippen molar-refractivity contribution in [1.82, 2.24) is 10.6 Å². The highest BCUT2D eigenvalue weighted by Crippen LogP contribution is 2.17. The number of nitrogens with one attached hydrogen (secondary N) is 2. The van der Waals surface area contributed by atoms with Crippen LogP contribution in [-0.2, 0) is 9.59 Å². The molecule has 0 aliphatic rings. The lowest BCUT2D eigenvalue weighted by Gasteiger charge is -2.14. The largest absolute Gasteiger partial charge is 0.356 e. The average molecular weight is 333 g/mol. The molecule has 5 nitrogen and oxygen atoms in total. The van der Waals surface area contributed by atoms with Gasteiger partial charge < -0.3 is 16.4 Å². The highest BCUT2D eigenvalue weighted by atomic mass is 16.2. The normalized spacial score (nSPS) is 12.0. The maximum Gasteiger partial charge on any atom is 0.220 e.